The quantitative estimate of drug-likeness (QED) is 0.673. The van der Waals surface area contributed by atoms with Gasteiger partial charge in [-0.1, -0.05) is 0 Å². The lowest BCUT2D eigenvalue weighted by molar-refractivity contribution is -0.133. The molecule has 1 fully saturated rings. The van der Waals surface area contributed by atoms with Gasteiger partial charge in [-0.05, 0) is 46.4 Å². The van der Waals surface area contributed by atoms with E-state index in [9.17, 15) is 4.79 Å². The molecular formula is C13H27N3O2. The van der Waals surface area contributed by atoms with E-state index in [2.05, 4.69) is 24.3 Å². The van der Waals surface area contributed by atoms with Crippen molar-refractivity contribution in [2.75, 3.05) is 54.0 Å². The Kier molecular flexibility index (Phi) is 7.23. The summed E-state index contributed by atoms with van der Waals surface area (Å²) < 4.78 is 5.09. The summed E-state index contributed by atoms with van der Waals surface area (Å²) in [4.78, 5) is 16.4. The number of hydrogen-bond acceptors (Lipinski definition) is 4. The Morgan fingerprint density at radius 2 is 2.11 bits per heavy atom. The number of amides is 1. The first kappa shape index (κ1) is 15.4. The fourth-order valence-corrected chi connectivity index (χ4v) is 2.23. The van der Waals surface area contributed by atoms with Crippen LogP contribution in [0, 0.1) is 0 Å². The van der Waals surface area contributed by atoms with Crippen molar-refractivity contribution >= 4 is 5.91 Å². The maximum Gasteiger partial charge on any atom is 0.239 e. The minimum Gasteiger partial charge on any atom is -0.383 e. The van der Waals surface area contributed by atoms with Gasteiger partial charge < -0.3 is 19.9 Å². The molecule has 1 aliphatic heterocycles. The van der Waals surface area contributed by atoms with Crippen molar-refractivity contribution in [2.24, 2.45) is 0 Å². The molecule has 0 saturated carbocycles. The van der Waals surface area contributed by atoms with Crippen molar-refractivity contribution in [2.45, 2.75) is 25.3 Å². The zero-order valence-electron chi connectivity index (χ0n) is 11.9. The lowest BCUT2D eigenvalue weighted by Crippen LogP contribution is -2.45. The summed E-state index contributed by atoms with van der Waals surface area (Å²) >= 11 is 0. The van der Waals surface area contributed by atoms with Crippen LogP contribution < -0.4 is 5.32 Å². The zero-order valence-corrected chi connectivity index (χ0v) is 11.9. The van der Waals surface area contributed by atoms with Gasteiger partial charge in [0.1, 0.15) is 0 Å². The minimum atomic E-state index is 0.0289. The molecule has 1 aliphatic rings. The second-order valence-electron chi connectivity index (χ2n) is 5.12. The van der Waals surface area contributed by atoms with E-state index in [1.54, 1.807) is 7.11 Å². The topological polar surface area (TPSA) is 44.8 Å². The standard InChI is InChI=1S/C13H27N3O2/c1-15(2)8-5-9-16(10-11-18-3)13(17)12-6-4-7-14-12/h12,14H,4-11H2,1-3H3. The van der Waals surface area contributed by atoms with E-state index in [-0.39, 0.29) is 11.9 Å². The molecule has 1 saturated heterocycles. The first-order chi connectivity index (χ1) is 8.65. The third-order valence-corrected chi connectivity index (χ3v) is 3.27. The van der Waals surface area contributed by atoms with Crippen LogP contribution >= 0.6 is 0 Å². The van der Waals surface area contributed by atoms with E-state index >= 15 is 0 Å². The highest BCUT2D eigenvalue weighted by atomic mass is 16.5. The average molecular weight is 257 g/mol. The van der Waals surface area contributed by atoms with Crippen LogP contribution in [0.1, 0.15) is 19.3 Å². The fourth-order valence-electron chi connectivity index (χ4n) is 2.23. The Hall–Kier alpha value is -0.650. The largest absolute Gasteiger partial charge is 0.383 e. The smallest absolute Gasteiger partial charge is 0.239 e. The monoisotopic (exact) mass is 257 g/mol. The van der Waals surface area contributed by atoms with Crippen molar-refractivity contribution in [3.05, 3.63) is 0 Å². The number of hydrogen-bond donors (Lipinski definition) is 1. The molecule has 1 N–H and O–H groups in total. The molecule has 1 atom stereocenters. The van der Waals surface area contributed by atoms with Gasteiger partial charge in [0.05, 0.1) is 12.6 Å². The van der Waals surface area contributed by atoms with Crippen molar-refractivity contribution in [3.63, 3.8) is 0 Å². The Bertz CT molecular complexity index is 240. The molecule has 1 amide bonds. The van der Waals surface area contributed by atoms with Crippen LogP contribution in [-0.2, 0) is 9.53 Å². The van der Waals surface area contributed by atoms with Crippen LogP contribution in [0.3, 0.4) is 0 Å². The first-order valence-corrected chi connectivity index (χ1v) is 6.81. The average Bonchev–Trinajstić information content (AvgIpc) is 2.86. The second-order valence-corrected chi connectivity index (χ2v) is 5.12. The van der Waals surface area contributed by atoms with E-state index in [0.717, 1.165) is 38.9 Å². The molecule has 0 radical (unpaired) electrons. The molecule has 0 aromatic rings. The van der Waals surface area contributed by atoms with Crippen LogP contribution in [0.5, 0.6) is 0 Å². The molecule has 1 heterocycles. The molecule has 18 heavy (non-hydrogen) atoms. The van der Waals surface area contributed by atoms with Gasteiger partial charge in [0.25, 0.3) is 0 Å². The van der Waals surface area contributed by atoms with Gasteiger partial charge >= 0.3 is 0 Å². The summed E-state index contributed by atoms with van der Waals surface area (Å²) in [6.07, 6.45) is 3.08. The van der Waals surface area contributed by atoms with E-state index in [1.807, 2.05) is 4.90 Å². The zero-order chi connectivity index (χ0) is 13.4. The van der Waals surface area contributed by atoms with Crippen molar-refractivity contribution in [3.8, 4) is 0 Å². The number of methoxy groups -OCH3 is 1. The van der Waals surface area contributed by atoms with Crippen LogP contribution in [0.2, 0.25) is 0 Å². The number of carbonyl (C=O) groups excluding carboxylic acids is 1. The van der Waals surface area contributed by atoms with Gasteiger partial charge in [0.2, 0.25) is 5.91 Å². The Balaban J connectivity index is 2.39. The van der Waals surface area contributed by atoms with Crippen LogP contribution in [0.25, 0.3) is 0 Å². The van der Waals surface area contributed by atoms with Gasteiger partial charge in [-0.15, -0.1) is 0 Å². The molecule has 0 spiro atoms. The Labute approximate surface area is 110 Å². The third kappa shape index (κ3) is 5.33. The summed E-state index contributed by atoms with van der Waals surface area (Å²) in [6.45, 7) is 4.10. The minimum absolute atomic E-state index is 0.0289. The molecule has 5 nitrogen and oxygen atoms in total. The van der Waals surface area contributed by atoms with Gasteiger partial charge in [0.15, 0.2) is 0 Å². The Morgan fingerprint density at radius 3 is 2.67 bits per heavy atom. The van der Waals surface area contributed by atoms with Gasteiger partial charge in [-0.25, -0.2) is 0 Å². The van der Waals surface area contributed by atoms with Crippen molar-refractivity contribution in [1.29, 1.82) is 0 Å². The number of ether oxygens (including phenoxy) is 1. The van der Waals surface area contributed by atoms with Crippen LogP contribution in [-0.4, -0.2) is 75.7 Å². The summed E-state index contributed by atoms with van der Waals surface area (Å²) in [5, 5.41) is 3.27. The Morgan fingerprint density at radius 1 is 1.33 bits per heavy atom. The fraction of sp³-hybridized carbons (Fsp3) is 0.923. The highest BCUT2D eigenvalue weighted by Gasteiger charge is 2.26. The molecule has 106 valence electrons. The summed E-state index contributed by atoms with van der Waals surface area (Å²) in [5.41, 5.74) is 0. The number of nitrogens with zero attached hydrogens (tertiary/aromatic N) is 2. The predicted octanol–water partition coefficient (Wildman–Crippen LogP) is 0.165. The molecular weight excluding hydrogens is 230 g/mol. The van der Waals surface area contributed by atoms with Crippen molar-refractivity contribution in [1.82, 2.24) is 15.1 Å². The predicted molar refractivity (Wildman–Crippen MR) is 72.7 cm³/mol. The van der Waals surface area contributed by atoms with Gasteiger partial charge in [0, 0.05) is 20.2 Å². The third-order valence-electron chi connectivity index (χ3n) is 3.27. The van der Waals surface area contributed by atoms with E-state index < -0.39 is 0 Å². The molecule has 0 aromatic carbocycles. The maximum absolute atomic E-state index is 12.3. The SMILES string of the molecule is COCCN(CCCN(C)C)C(=O)C1CCCN1. The molecule has 0 aliphatic carbocycles. The van der Waals surface area contributed by atoms with Crippen LogP contribution in [0.15, 0.2) is 0 Å². The maximum atomic E-state index is 12.3. The van der Waals surface area contributed by atoms with Gasteiger partial charge in [-0.3, -0.25) is 4.79 Å². The molecule has 1 unspecified atom stereocenters. The highest BCUT2D eigenvalue weighted by molar-refractivity contribution is 5.82. The second kappa shape index (κ2) is 8.45. The molecule has 1 rings (SSSR count). The van der Waals surface area contributed by atoms with Crippen LogP contribution in [0.4, 0.5) is 0 Å². The summed E-state index contributed by atoms with van der Waals surface area (Å²) in [6, 6.07) is 0.0289. The summed E-state index contributed by atoms with van der Waals surface area (Å²) in [7, 11) is 5.79. The van der Waals surface area contributed by atoms with E-state index in [4.69, 9.17) is 4.74 Å². The molecule has 0 aromatic heterocycles. The molecule has 5 heteroatoms. The van der Waals surface area contributed by atoms with E-state index in [1.165, 1.54) is 0 Å². The lowest BCUT2D eigenvalue weighted by Gasteiger charge is -2.26. The normalized spacial score (nSPS) is 19.4. The number of rotatable bonds is 8. The summed E-state index contributed by atoms with van der Waals surface area (Å²) in [5.74, 6) is 0.239. The van der Waals surface area contributed by atoms with Gasteiger partial charge in [-0.2, -0.15) is 0 Å². The lowest BCUT2D eigenvalue weighted by atomic mass is 10.2. The molecule has 0 bridgehead atoms. The van der Waals surface area contributed by atoms with Crippen molar-refractivity contribution < 1.29 is 9.53 Å². The number of carbonyl (C=O) groups is 1. The first-order valence-electron chi connectivity index (χ1n) is 6.81. The number of nitrogens with one attached hydrogen (secondary N) is 1. The highest BCUT2D eigenvalue weighted by Crippen LogP contribution is 2.09. The van der Waals surface area contributed by atoms with E-state index in [0.29, 0.717) is 13.2 Å².